The Bertz CT molecular complexity index is 1110. The Kier molecular flexibility index (Phi) is 7.24. The molecule has 7 nitrogen and oxygen atoms in total. The molecule has 1 amide bonds. The monoisotopic (exact) mass is 452 g/mol. The number of carbonyl (C=O) groups is 1. The summed E-state index contributed by atoms with van der Waals surface area (Å²) in [5, 5.41) is 0. The maximum atomic E-state index is 12.4. The van der Waals surface area contributed by atoms with Crippen molar-refractivity contribution in [2.75, 3.05) is 27.3 Å². The maximum Gasteiger partial charge on any atom is 0.573 e. The Hall–Kier alpha value is -3.27. The smallest absolute Gasteiger partial charge is 0.408 e. The third-order valence-corrected chi connectivity index (χ3v) is 4.84. The minimum absolute atomic E-state index is 0.117. The average Bonchev–Trinajstić information content (AvgIpc) is 3.36. The van der Waals surface area contributed by atoms with Crippen molar-refractivity contribution < 1.29 is 31.9 Å². The Morgan fingerprint density at radius 2 is 1.62 bits per heavy atom. The Morgan fingerprint density at radius 3 is 2.22 bits per heavy atom. The van der Waals surface area contributed by atoms with Crippen LogP contribution >= 0.6 is 0 Å². The first-order chi connectivity index (χ1) is 15.2. The summed E-state index contributed by atoms with van der Waals surface area (Å²) >= 11 is 0. The van der Waals surface area contributed by atoms with E-state index in [1.54, 1.807) is 37.3 Å². The van der Waals surface area contributed by atoms with Crippen LogP contribution in [0.3, 0.4) is 0 Å². The molecule has 172 valence electrons. The molecular formula is C22H23F3N2O5. The Balaban J connectivity index is 0.000000913. The first-order valence-electron chi connectivity index (χ1n) is 9.89. The van der Waals surface area contributed by atoms with Crippen molar-refractivity contribution in [2.45, 2.75) is 25.7 Å². The van der Waals surface area contributed by atoms with E-state index in [4.69, 9.17) is 4.42 Å². The number of oxazole rings is 1. The van der Waals surface area contributed by atoms with E-state index in [-0.39, 0.29) is 18.2 Å². The molecule has 1 saturated heterocycles. The number of methoxy groups -OCH3 is 1. The molecule has 0 N–H and O–H groups in total. The predicted octanol–water partition coefficient (Wildman–Crippen LogP) is 4.05. The molecule has 3 aromatic rings. The number of rotatable bonds is 4. The third-order valence-electron chi connectivity index (χ3n) is 4.84. The summed E-state index contributed by atoms with van der Waals surface area (Å²) in [6.07, 6.45) is -2.86. The fraction of sp³-hybridized carbons (Fsp3) is 0.364. The quantitative estimate of drug-likeness (QED) is 0.597. The van der Waals surface area contributed by atoms with Gasteiger partial charge in [0.25, 0.3) is 0 Å². The number of fused-ring (bicyclic) bond motifs is 1. The van der Waals surface area contributed by atoms with E-state index in [2.05, 4.69) is 9.47 Å². The second-order valence-corrected chi connectivity index (χ2v) is 7.20. The van der Waals surface area contributed by atoms with Gasteiger partial charge < -0.3 is 18.8 Å². The van der Waals surface area contributed by atoms with Gasteiger partial charge in [-0.2, -0.15) is 0 Å². The highest BCUT2D eigenvalue weighted by atomic mass is 19.4. The van der Waals surface area contributed by atoms with E-state index in [0.717, 1.165) is 12.8 Å². The van der Waals surface area contributed by atoms with Gasteiger partial charge in [0.15, 0.2) is 5.58 Å². The summed E-state index contributed by atoms with van der Waals surface area (Å²) in [5.41, 5.74) is 2.09. The van der Waals surface area contributed by atoms with Crippen LogP contribution in [0.25, 0.3) is 22.2 Å². The van der Waals surface area contributed by atoms with Crippen LogP contribution in [0.2, 0.25) is 0 Å². The van der Waals surface area contributed by atoms with Crippen LogP contribution in [-0.4, -0.2) is 49.0 Å². The van der Waals surface area contributed by atoms with Gasteiger partial charge in [0.1, 0.15) is 12.3 Å². The van der Waals surface area contributed by atoms with E-state index in [0.29, 0.717) is 35.3 Å². The molecule has 0 saturated carbocycles. The van der Waals surface area contributed by atoms with Crippen molar-refractivity contribution >= 4 is 17.0 Å². The minimum Gasteiger partial charge on any atom is -0.408 e. The highest BCUT2D eigenvalue weighted by molar-refractivity contribution is 5.83. The zero-order valence-corrected chi connectivity index (χ0v) is 17.6. The van der Waals surface area contributed by atoms with Crippen LogP contribution in [0.4, 0.5) is 13.2 Å². The molecule has 0 radical (unpaired) electrons. The summed E-state index contributed by atoms with van der Waals surface area (Å²) < 4.78 is 51.5. The first-order valence-corrected chi connectivity index (χ1v) is 9.89. The number of likely N-dealkylation sites (tertiary alicyclic amines) is 1. The van der Waals surface area contributed by atoms with Gasteiger partial charge in [-0.05, 0) is 48.2 Å². The molecule has 2 aromatic carbocycles. The molecule has 1 aliphatic heterocycles. The molecule has 4 rings (SSSR count). The van der Waals surface area contributed by atoms with E-state index >= 15 is 0 Å². The SMILES string of the molecule is COC.O=C(Cn1c(=O)oc2ccc(-c3ccc(OC(F)(F)F)cc3)cc21)N1CCCC1. The molecule has 0 spiro atoms. The molecule has 0 unspecified atom stereocenters. The lowest BCUT2D eigenvalue weighted by molar-refractivity contribution is -0.274. The molecule has 32 heavy (non-hydrogen) atoms. The summed E-state index contributed by atoms with van der Waals surface area (Å²) in [7, 11) is 3.25. The normalized spacial score (nSPS) is 13.7. The van der Waals surface area contributed by atoms with Crippen LogP contribution in [0.5, 0.6) is 5.75 Å². The Morgan fingerprint density at radius 1 is 1.03 bits per heavy atom. The number of aromatic nitrogens is 1. The van der Waals surface area contributed by atoms with Crippen LogP contribution in [0.1, 0.15) is 12.8 Å². The summed E-state index contributed by atoms with van der Waals surface area (Å²) in [6, 6.07) is 10.4. The molecule has 10 heteroatoms. The van der Waals surface area contributed by atoms with Crippen LogP contribution < -0.4 is 10.5 Å². The number of benzene rings is 2. The minimum atomic E-state index is -4.75. The van der Waals surface area contributed by atoms with Crippen molar-refractivity contribution in [1.29, 1.82) is 0 Å². The summed E-state index contributed by atoms with van der Waals surface area (Å²) in [5.74, 6) is -1.09. The number of nitrogens with zero attached hydrogens (tertiary/aromatic N) is 2. The third kappa shape index (κ3) is 5.70. The van der Waals surface area contributed by atoms with E-state index in [1.165, 1.54) is 28.8 Å². The lowest BCUT2D eigenvalue weighted by Gasteiger charge is -2.15. The standard InChI is InChI=1S/C20H17F3N2O4.C2H6O/c21-20(22,23)29-15-6-3-13(4-7-15)14-5-8-17-16(11-14)25(19(27)28-17)12-18(26)24-9-1-2-10-24;1-3-2/h3-8,11H,1-2,9-10,12H2;1-2H3. The average molecular weight is 452 g/mol. The second kappa shape index (κ2) is 9.90. The van der Waals surface area contributed by atoms with Crippen molar-refractivity contribution in [3.05, 3.63) is 53.0 Å². The molecule has 0 atom stereocenters. The molecule has 1 aliphatic rings. The fourth-order valence-corrected chi connectivity index (χ4v) is 3.44. The lowest BCUT2D eigenvalue weighted by atomic mass is 10.1. The fourth-order valence-electron chi connectivity index (χ4n) is 3.44. The van der Waals surface area contributed by atoms with Crippen LogP contribution in [-0.2, 0) is 16.1 Å². The van der Waals surface area contributed by atoms with Gasteiger partial charge in [0.2, 0.25) is 5.91 Å². The number of carbonyl (C=O) groups excluding carboxylic acids is 1. The van der Waals surface area contributed by atoms with E-state index in [9.17, 15) is 22.8 Å². The Labute approximate surface area is 181 Å². The number of hydrogen-bond acceptors (Lipinski definition) is 5. The highest BCUT2D eigenvalue weighted by Crippen LogP contribution is 2.28. The zero-order valence-electron chi connectivity index (χ0n) is 17.6. The van der Waals surface area contributed by atoms with Crippen LogP contribution in [0.15, 0.2) is 51.7 Å². The second-order valence-electron chi connectivity index (χ2n) is 7.20. The van der Waals surface area contributed by atoms with Crippen molar-refractivity contribution in [3.63, 3.8) is 0 Å². The van der Waals surface area contributed by atoms with Crippen LogP contribution in [0, 0.1) is 0 Å². The van der Waals surface area contributed by atoms with Crippen molar-refractivity contribution in [2.24, 2.45) is 0 Å². The summed E-state index contributed by atoms with van der Waals surface area (Å²) in [4.78, 5) is 26.4. The van der Waals surface area contributed by atoms with Gasteiger partial charge in [-0.1, -0.05) is 18.2 Å². The maximum absolute atomic E-state index is 12.4. The molecule has 0 bridgehead atoms. The molecule has 1 fully saturated rings. The molecule has 2 heterocycles. The number of amides is 1. The zero-order chi connectivity index (χ0) is 23.3. The predicted molar refractivity (Wildman–Crippen MR) is 111 cm³/mol. The molecule has 0 aliphatic carbocycles. The number of alkyl halides is 3. The topological polar surface area (TPSA) is 73.9 Å². The number of ether oxygens (including phenoxy) is 2. The van der Waals surface area contributed by atoms with Gasteiger partial charge >= 0.3 is 12.1 Å². The van der Waals surface area contributed by atoms with Gasteiger partial charge in [0.05, 0.1) is 5.52 Å². The van der Waals surface area contributed by atoms with Gasteiger partial charge in [-0.15, -0.1) is 13.2 Å². The number of hydrogen-bond donors (Lipinski definition) is 0. The van der Waals surface area contributed by atoms with Gasteiger partial charge in [0, 0.05) is 27.3 Å². The number of halogens is 3. The van der Waals surface area contributed by atoms with Gasteiger partial charge in [-0.25, -0.2) is 4.79 Å². The first kappa shape index (κ1) is 23.4. The van der Waals surface area contributed by atoms with Gasteiger partial charge in [-0.3, -0.25) is 9.36 Å². The summed E-state index contributed by atoms with van der Waals surface area (Å²) in [6.45, 7) is 1.25. The van der Waals surface area contributed by atoms with Crippen molar-refractivity contribution in [1.82, 2.24) is 9.47 Å². The van der Waals surface area contributed by atoms with E-state index in [1.807, 2.05) is 0 Å². The highest BCUT2D eigenvalue weighted by Gasteiger charge is 2.31. The lowest BCUT2D eigenvalue weighted by Crippen LogP contribution is -2.33. The molecular weight excluding hydrogens is 429 g/mol. The van der Waals surface area contributed by atoms with E-state index < -0.39 is 12.1 Å². The largest absolute Gasteiger partial charge is 0.573 e. The van der Waals surface area contributed by atoms with Crippen molar-refractivity contribution in [3.8, 4) is 16.9 Å². The molecule has 1 aromatic heterocycles.